The molecule has 0 atom stereocenters. The van der Waals surface area contributed by atoms with Gasteiger partial charge in [-0.1, -0.05) is 17.8 Å². The molecule has 2 aromatic heterocycles. The number of thioether (sulfide) groups is 1. The van der Waals surface area contributed by atoms with Gasteiger partial charge in [0.25, 0.3) is 5.91 Å². The fraction of sp³-hybridized carbons (Fsp3) is 0.261. The first-order chi connectivity index (χ1) is 16.2. The van der Waals surface area contributed by atoms with Gasteiger partial charge in [0.1, 0.15) is 0 Å². The maximum atomic E-state index is 12.5. The first-order valence-corrected chi connectivity index (χ1v) is 11.5. The summed E-state index contributed by atoms with van der Waals surface area (Å²) in [5.41, 5.74) is 2.06. The van der Waals surface area contributed by atoms with E-state index in [1.54, 1.807) is 47.6 Å². The van der Waals surface area contributed by atoms with E-state index in [0.717, 1.165) is 5.56 Å². The number of morpholine rings is 1. The van der Waals surface area contributed by atoms with Crippen molar-refractivity contribution in [3.63, 3.8) is 0 Å². The second kappa shape index (κ2) is 10.9. The molecule has 1 aromatic carbocycles. The van der Waals surface area contributed by atoms with Crippen LogP contribution in [-0.4, -0.2) is 68.5 Å². The Balaban J connectivity index is 1.35. The molecule has 3 aromatic rings. The summed E-state index contributed by atoms with van der Waals surface area (Å²) in [7, 11) is 0. The fourth-order valence-electron chi connectivity index (χ4n) is 3.37. The lowest BCUT2D eigenvalue weighted by atomic mass is 10.1. The third kappa shape index (κ3) is 5.65. The molecule has 4 rings (SSSR count). The van der Waals surface area contributed by atoms with E-state index in [1.807, 2.05) is 16.7 Å². The van der Waals surface area contributed by atoms with Crippen molar-refractivity contribution in [2.45, 2.75) is 11.7 Å². The van der Waals surface area contributed by atoms with E-state index in [9.17, 15) is 9.59 Å². The van der Waals surface area contributed by atoms with Crippen molar-refractivity contribution in [2.75, 3.05) is 37.4 Å². The Labute approximate surface area is 195 Å². The van der Waals surface area contributed by atoms with E-state index in [4.69, 9.17) is 4.74 Å². The van der Waals surface area contributed by atoms with Crippen LogP contribution in [0.5, 0.6) is 0 Å². The van der Waals surface area contributed by atoms with Gasteiger partial charge in [0.2, 0.25) is 5.91 Å². The van der Waals surface area contributed by atoms with Gasteiger partial charge in [-0.05, 0) is 36.4 Å². The van der Waals surface area contributed by atoms with E-state index in [-0.39, 0.29) is 17.6 Å². The minimum atomic E-state index is -0.177. The average molecular weight is 465 g/mol. The molecule has 1 aliphatic heterocycles. The van der Waals surface area contributed by atoms with Gasteiger partial charge in [-0.3, -0.25) is 19.1 Å². The van der Waals surface area contributed by atoms with Gasteiger partial charge in [0, 0.05) is 48.8 Å². The minimum absolute atomic E-state index is 0.0299. The predicted molar refractivity (Wildman–Crippen MR) is 126 cm³/mol. The van der Waals surface area contributed by atoms with Gasteiger partial charge in [-0.15, -0.1) is 16.8 Å². The molecule has 2 amide bonds. The molecule has 1 aliphatic rings. The van der Waals surface area contributed by atoms with Gasteiger partial charge in [0.15, 0.2) is 11.0 Å². The van der Waals surface area contributed by atoms with Crippen LogP contribution in [0.4, 0.5) is 5.69 Å². The summed E-state index contributed by atoms with van der Waals surface area (Å²) in [5.74, 6) is 0.629. The molecule has 33 heavy (non-hydrogen) atoms. The van der Waals surface area contributed by atoms with E-state index < -0.39 is 0 Å². The Kier molecular flexibility index (Phi) is 7.48. The fourth-order valence-corrected chi connectivity index (χ4v) is 4.12. The van der Waals surface area contributed by atoms with Gasteiger partial charge >= 0.3 is 0 Å². The van der Waals surface area contributed by atoms with Crippen LogP contribution >= 0.6 is 11.8 Å². The number of carbonyl (C=O) groups excluding carboxylic acids is 2. The van der Waals surface area contributed by atoms with Gasteiger partial charge in [0.05, 0.1) is 19.0 Å². The van der Waals surface area contributed by atoms with Gasteiger partial charge in [-0.25, -0.2) is 0 Å². The number of nitrogens with one attached hydrogen (secondary N) is 1. The summed E-state index contributed by atoms with van der Waals surface area (Å²) in [6.45, 7) is 6.61. The first-order valence-electron chi connectivity index (χ1n) is 10.5. The second-order valence-corrected chi connectivity index (χ2v) is 8.21. The van der Waals surface area contributed by atoms with Crippen molar-refractivity contribution in [3.05, 3.63) is 67.0 Å². The predicted octanol–water partition coefficient (Wildman–Crippen LogP) is 2.73. The lowest BCUT2D eigenvalue weighted by Crippen LogP contribution is -2.40. The molecule has 0 aliphatic carbocycles. The Hall–Kier alpha value is -3.50. The highest BCUT2D eigenvalue weighted by atomic mass is 32.2. The van der Waals surface area contributed by atoms with Crippen molar-refractivity contribution in [1.82, 2.24) is 24.6 Å². The molecule has 1 N–H and O–H groups in total. The number of aromatic nitrogens is 4. The number of amides is 2. The number of rotatable bonds is 8. The molecule has 1 fully saturated rings. The van der Waals surface area contributed by atoms with E-state index in [0.29, 0.717) is 55.1 Å². The molecule has 0 unspecified atom stereocenters. The Morgan fingerprint density at radius 3 is 2.64 bits per heavy atom. The summed E-state index contributed by atoms with van der Waals surface area (Å²) in [4.78, 5) is 30.9. The van der Waals surface area contributed by atoms with Crippen molar-refractivity contribution in [2.24, 2.45) is 0 Å². The number of nitrogens with zero attached hydrogens (tertiary/aromatic N) is 5. The molecule has 0 radical (unpaired) electrons. The highest BCUT2D eigenvalue weighted by Crippen LogP contribution is 2.24. The van der Waals surface area contributed by atoms with Crippen molar-refractivity contribution in [1.29, 1.82) is 0 Å². The molecule has 170 valence electrons. The molecular formula is C23H24N6O3S. The number of ether oxygens (including phenoxy) is 1. The van der Waals surface area contributed by atoms with Crippen molar-refractivity contribution < 1.29 is 14.3 Å². The number of benzene rings is 1. The summed E-state index contributed by atoms with van der Waals surface area (Å²) in [5, 5.41) is 12.0. The number of allylic oxidation sites excluding steroid dienone is 1. The third-order valence-corrected chi connectivity index (χ3v) is 5.96. The highest BCUT2D eigenvalue weighted by molar-refractivity contribution is 7.99. The molecule has 3 heterocycles. The van der Waals surface area contributed by atoms with Crippen LogP contribution in [0.2, 0.25) is 0 Å². The van der Waals surface area contributed by atoms with Crippen molar-refractivity contribution >= 4 is 29.3 Å². The quantitative estimate of drug-likeness (QED) is 0.404. The standard InChI is InChI=1S/C23H24N6O3S/c1-2-10-29-21(18-4-3-9-24-15-18)26-27-23(29)33-16-20(30)25-19-7-5-17(6-8-19)22(31)28-11-13-32-14-12-28/h2-9,15H,1,10-14,16H2,(H,25,30). The second-order valence-electron chi connectivity index (χ2n) is 7.27. The molecule has 10 heteroatoms. The maximum absolute atomic E-state index is 12.5. The Morgan fingerprint density at radius 1 is 1.15 bits per heavy atom. The molecule has 0 bridgehead atoms. The van der Waals surface area contributed by atoms with Crippen LogP contribution in [0, 0.1) is 0 Å². The molecule has 9 nitrogen and oxygen atoms in total. The summed E-state index contributed by atoms with van der Waals surface area (Å²) >= 11 is 1.29. The smallest absolute Gasteiger partial charge is 0.254 e. The summed E-state index contributed by atoms with van der Waals surface area (Å²) in [6.07, 6.45) is 5.17. The van der Waals surface area contributed by atoms with E-state index >= 15 is 0 Å². The molecule has 0 saturated carbocycles. The molecule has 0 spiro atoms. The third-order valence-electron chi connectivity index (χ3n) is 4.99. The number of hydrogen-bond donors (Lipinski definition) is 1. The van der Waals surface area contributed by atoms with Crippen LogP contribution in [0.25, 0.3) is 11.4 Å². The number of hydrogen-bond acceptors (Lipinski definition) is 7. The Bertz CT molecular complexity index is 1110. The monoisotopic (exact) mass is 464 g/mol. The zero-order valence-corrected chi connectivity index (χ0v) is 18.8. The maximum Gasteiger partial charge on any atom is 0.254 e. The molecule has 1 saturated heterocycles. The number of carbonyl (C=O) groups is 2. The van der Waals surface area contributed by atoms with Crippen LogP contribution in [-0.2, 0) is 16.1 Å². The zero-order valence-electron chi connectivity index (χ0n) is 18.0. The van der Waals surface area contributed by atoms with Crippen molar-refractivity contribution in [3.8, 4) is 11.4 Å². The van der Waals surface area contributed by atoms with E-state index in [2.05, 4.69) is 27.1 Å². The summed E-state index contributed by atoms with van der Waals surface area (Å²) < 4.78 is 7.18. The number of pyridine rings is 1. The van der Waals surface area contributed by atoms with E-state index in [1.165, 1.54) is 11.8 Å². The number of anilines is 1. The Morgan fingerprint density at radius 2 is 1.94 bits per heavy atom. The van der Waals surface area contributed by atoms with Gasteiger partial charge < -0.3 is 15.0 Å². The topological polar surface area (TPSA) is 102 Å². The highest BCUT2D eigenvalue weighted by Gasteiger charge is 2.19. The van der Waals surface area contributed by atoms with Crippen LogP contribution in [0.15, 0.2) is 66.6 Å². The lowest BCUT2D eigenvalue weighted by Gasteiger charge is -2.26. The van der Waals surface area contributed by atoms with Crippen LogP contribution < -0.4 is 5.32 Å². The molecular weight excluding hydrogens is 440 g/mol. The normalized spacial score (nSPS) is 13.5. The largest absolute Gasteiger partial charge is 0.378 e. The SMILES string of the molecule is C=CCn1c(SCC(=O)Nc2ccc(C(=O)N3CCOCC3)cc2)nnc1-c1cccnc1. The first kappa shape index (κ1) is 22.7. The lowest BCUT2D eigenvalue weighted by molar-refractivity contribution is -0.113. The summed E-state index contributed by atoms with van der Waals surface area (Å²) in [6, 6.07) is 10.7. The van der Waals surface area contributed by atoms with Crippen LogP contribution in [0.1, 0.15) is 10.4 Å². The minimum Gasteiger partial charge on any atom is -0.378 e. The van der Waals surface area contributed by atoms with Gasteiger partial charge in [-0.2, -0.15) is 0 Å². The zero-order chi connectivity index (χ0) is 23.0. The average Bonchev–Trinajstić information content (AvgIpc) is 3.26. The van der Waals surface area contributed by atoms with Crippen LogP contribution in [0.3, 0.4) is 0 Å².